The average molecular weight is 1440 g/mol. The van der Waals surface area contributed by atoms with Gasteiger partial charge in [-0.1, -0.05) is 292 Å². The van der Waals surface area contributed by atoms with Crippen molar-refractivity contribution in [3.63, 3.8) is 0 Å². The van der Waals surface area contributed by atoms with Crippen LogP contribution in [0.4, 0.5) is 0 Å². The van der Waals surface area contributed by atoms with Gasteiger partial charge in [0, 0.05) is 6.42 Å². The molecule has 588 valence electrons. The number of amides is 1. The molecule has 0 radical (unpaired) electrons. The van der Waals surface area contributed by atoms with E-state index in [0.29, 0.717) is 12.8 Å². The molecule has 101 heavy (non-hydrogen) atoms. The zero-order valence-corrected chi connectivity index (χ0v) is 62.9. The number of hydrogen-bond acceptors (Lipinski definition) is 18. The van der Waals surface area contributed by atoms with Crippen LogP contribution < -0.4 is 5.32 Å². The lowest BCUT2D eigenvalue weighted by Crippen LogP contribution is -2.66. The molecule has 0 aromatic heterocycles. The van der Waals surface area contributed by atoms with Gasteiger partial charge >= 0.3 is 0 Å². The van der Waals surface area contributed by atoms with E-state index >= 15 is 0 Å². The lowest BCUT2D eigenvalue weighted by molar-refractivity contribution is -0.379. The predicted octanol–water partition coefficient (Wildman–Crippen LogP) is 13.6. The highest BCUT2D eigenvalue weighted by atomic mass is 16.8. The summed E-state index contributed by atoms with van der Waals surface area (Å²) in [6.07, 6.45) is 54.6. The highest BCUT2D eigenvalue weighted by Crippen LogP contribution is 2.33. The fourth-order valence-corrected chi connectivity index (χ4v) is 13.4. The highest BCUT2D eigenvalue weighted by molar-refractivity contribution is 5.76. The Labute approximate surface area is 610 Å². The van der Waals surface area contributed by atoms with Crippen LogP contribution in [0.15, 0.2) is 72.9 Å². The molecule has 3 saturated heterocycles. The normalized spacial score (nSPS) is 26.7. The van der Waals surface area contributed by atoms with Gasteiger partial charge in [0.25, 0.3) is 0 Å². The first kappa shape index (κ1) is 92.4. The maximum atomic E-state index is 13.5. The standard InChI is InChI=1S/C82H147NO18/c1-3-5-7-9-11-13-15-17-19-21-23-25-27-29-30-31-32-33-34-36-38-40-42-44-46-48-50-52-54-56-58-60-70(88)83-65(66(87)59-57-55-53-51-49-47-45-43-41-39-37-35-28-26-24-22-20-18-16-14-12-10-8-6-4-2)64-96-80-76(94)73(91)78(68(62-85)98-80)101-82-77(95)74(92)79(69(63-86)99-82)100-81-75(93)72(90)71(89)67(61-84)97-81/h15,17,21,23,27,29,41,43,49,51,57,59,65-69,71-82,84-87,89-95H,3-14,16,18-20,22,24-26,28,30-40,42,44-48,50,52-56,58,60-64H2,1-2H3,(H,83,88)/b17-15-,23-21-,29-27-,43-41+,51-49+,59-57+. The average Bonchev–Trinajstić information content (AvgIpc) is 0.792. The van der Waals surface area contributed by atoms with E-state index in [1.165, 1.54) is 218 Å². The largest absolute Gasteiger partial charge is 0.394 e. The quantitative estimate of drug-likeness (QED) is 0.0199. The van der Waals surface area contributed by atoms with Crippen molar-refractivity contribution in [3.8, 4) is 0 Å². The van der Waals surface area contributed by atoms with E-state index in [2.05, 4.69) is 79.9 Å². The van der Waals surface area contributed by atoms with Crippen molar-refractivity contribution in [1.82, 2.24) is 5.32 Å². The summed E-state index contributed by atoms with van der Waals surface area (Å²) in [5.41, 5.74) is 0. The van der Waals surface area contributed by atoms with Crippen LogP contribution in [0.1, 0.15) is 309 Å². The Morgan fingerprint density at radius 2 is 0.663 bits per heavy atom. The van der Waals surface area contributed by atoms with Crippen molar-refractivity contribution in [1.29, 1.82) is 0 Å². The second kappa shape index (κ2) is 62.3. The van der Waals surface area contributed by atoms with Gasteiger partial charge in [-0.2, -0.15) is 0 Å². The van der Waals surface area contributed by atoms with Crippen LogP contribution in [0, 0.1) is 0 Å². The van der Waals surface area contributed by atoms with E-state index in [1.807, 2.05) is 6.08 Å². The summed E-state index contributed by atoms with van der Waals surface area (Å²) in [6.45, 7) is 1.73. The summed E-state index contributed by atoms with van der Waals surface area (Å²) in [5, 5.41) is 121. The van der Waals surface area contributed by atoms with Crippen molar-refractivity contribution in [2.75, 3.05) is 26.4 Å². The summed E-state index contributed by atoms with van der Waals surface area (Å²) in [6, 6.07) is -1.00. The zero-order chi connectivity index (χ0) is 73.2. The SMILES string of the molecule is CCCCCCC/C=C\C/C=C\C/C=C\CCCCCCCCCCCCCCCCCCC(=O)NC(COC1OC(CO)C(OC2OC(CO)C(OC3OC(CO)C(O)C(O)C3O)C(O)C2O)C(O)C1O)C(O)/C=C/CC/C=C/CC/C=C/CCCCCCCCCCCCCCCCC. The van der Waals surface area contributed by atoms with Crippen LogP contribution >= 0.6 is 0 Å². The minimum Gasteiger partial charge on any atom is -0.394 e. The van der Waals surface area contributed by atoms with Gasteiger partial charge in [-0.3, -0.25) is 4.79 Å². The smallest absolute Gasteiger partial charge is 0.220 e. The Balaban J connectivity index is 1.39. The predicted molar refractivity (Wildman–Crippen MR) is 401 cm³/mol. The number of carbonyl (C=O) groups excluding carboxylic acids is 1. The summed E-state index contributed by atoms with van der Waals surface area (Å²) in [7, 11) is 0. The minimum absolute atomic E-state index is 0.230. The Kier molecular flexibility index (Phi) is 57.0. The molecule has 3 fully saturated rings. The number of hydrogen-bond donors (Lipinski definition) is 12. The summed E-state index contributed by atoms with van der Waals surface area (Å²) >= 11 is 0. The van der Waals surface area contributed by atoms with Crippen LogP contribution in [-0.2, 0) is 33.2 Å². The molecular weight excluding hydrogens is 1290 g/mol. The number of rotatable bonds is 64. The molecule has 0 bridgehead atoms. The first-order valence-corrected chi connectivity index (χ1v) is 40.7. The van der Waals surface area contributed by atoms with Crippen LogP contribution in [0.3, 0.4) is 0 Å². The van der Waals surface area contributed by atoms with Gasteiger partial charge in [0.2, 0.25) is 5.91 Å². The molecule has 0 saturated carbocycles. The summed E-state index contributed by atoms with van der Waals surface area (Å²) in [4.78, 5) is 13.5. The van der Waals surface area contributed by atoms with Gasteiger partial charge < -0.3 is 89.9 Å². The third-order valence-electron chi connectivity index (χ3n) is 20.0. The van der Waals surface area contributed by atoms with Crippen molar-refractivity contribution in [2.24, 2.45) is 0 Å². The fraction of sp³-hybridized carbons (Fsp3) is 0.841. The molecule has 1 amide bonds. The van der Waals surface area contributed by atoms with E-state index in [0.717, 1.165) is 57.8 Å². The minimum atomic E-state index is -1.99. The van der Waals surface area contributed by atoms with Gasteiger partial charge in [-0.25, -0.2) is 0 Å². The Hall–Kier alpha value is -2.77. The molecule has 17 atom stereocenters. The Morgan fingerprint density at radius 3 is 1.06 bits per heavy atom. The first-order chi connectivity index (χ1) is 49.3. The molecule has 19 nitrogen and oxygen atoms in total. The number of carbonyl (C=O) groups is 1. The van der Waals surface area contributed by atoms with Gasteiger partial charge in [-0.15, -0.1) is 0 Å². The molecule has 3 aliphatic rings. The third-order valence-corrected chi connectivity index (χ3v) is 20.0. The second-order valence-electron chi connectivity index (χ2n) is 28.9. The van der Waals surface area contributed by atoms with Gasteiger partial charge in [-0.05, 0) is 83.5 Å². The number of aliphatic hydroxyl groups excluding tert-OH is 11. The summed E-state index contributed by atoms with van der Waals surface area (Å²) < 4.78 is 34.4. The molecule has 0 spiro atoms. The third kappa shape index (κ3) is 42.4. The topological polar surface area (TPSA) is 307 Å². The second-order valence-corrected chi connectivity index (χ2v) is 28.9. The van der Waals surface area contributed by atoms with Crippen LogP contribution in [0.25, 0.3) is 0 Å². The van der Waals surface area contributed by atoms with E-state index in [4.69, 9.17) is 28.4 Å². The van der Waals surface area contributed by atoms with Gasteiger partial charge in [0.05, 0.1) is 38.6 Å². The van der Waals surface area contributed by atoms with E-state index in [9.17, 15) is 61.0 Å². The monoisotopic (exact) mass is 1430 g/mol. The number of unbranched alkanes of at least 4 members (excludes halogenated alkanes) is 38. The molecule has 3 rings (SSSR count). The fourth-order valence-electron chi connectivity index (χ4n) is 13.4. The number of nitrogens with one attached hydrogen (secondary N) is 1. The molecule has 0 aliphatic carbocycles. The molecular formula is C82H147NO18. The molecule has 17 unspecified atom stereocenters. The van der Waals surface area contributed by atoms with Crippen molar-refractivity contribution in [2.45, 2.75) is 413 Å². The van der Waals surface area contributed by atoms with Crippen molar-refractivity contribution in [3.05, 3.63) is 72.9 Å². The number of aliphatic hydroxyl groups is 11. The molecule has 0 aromatic rings. The molecule has 3 heterocycles. The number of ether oxygens (including phenoxy) is 6. The molecule has 0 aromatic carbocycles. The molecule has 19 heteroatoms. The Morgan fingerprint density at radius 1 is 0.356 bits per heavy atom. The van der Waals surface area contributed by atoms with Crippen LogP contribution in [0.2, 0.25) is 0 Å². The first-order valence-electron chi connectivity index (χ1n) is 40.7. The zero-order valence-electron chi connectivity index (χ0n) is 62.9. The highest BCUT2D eigenvalue weighted by Gasteiger charge is 2.54. The Bertz CT molecular complexity index is 2110. The van der Waals surface area contributed by atoms with E-state index in [-0.39, 0.29) is 18.9 Å². The lowest BCUT2D eigenvalue weighted by Gasteiger charge is -2.48. The lowest BCUT2D eigenvalue weighted by atomic mass is 9.96. The molecule has 3 aliphatic heterocycles. The van der Waals surface area contributed by atoms with E-state index in [1.54, 1.807) is 6.08 Å². The number of allylic oxidation sites excluding steroid dienone is 11. The van der Waals surface area contributed by atoms with Crippen LogP contribution in [0.5, 0.6) is 0 Å². The molecule has 12 N–H and O–H groups in total. The van der Waals surface area contributed by atoms with Crippen LogP contribution in [-0.4, -0.2) is 193 Å². The van der Waals surface area contributed by atoms with Crippen molar-refractivity contribution >= 4 is 5.91 Å². The van der Waals surface area contributed by atoms with Gasteiger partial charge in [0.1, 0.15) is 73.2 Å². The maximum Gasteiger partial charge on any atom is 0.220 e. The van der Waals surface area contributed by atoms with Gasteiger partial charge in [0.15, 0.2) is 18.9 Å². The van der Waals surface area contributed by atoms with Crippen molar-refractivity contribution < 1.29 is 89.4 Å². The maximum absolute atomic E-state index is 13.5. The summed E-state index contributed by atoms with van der Waals surface area (Å²) in [5.74, 6) is -0.288. The van der Waals surface area contributed by atoms with E-state index < -0.39 is 124 Å².